The van der Waals surface area contributed by atoms with Gasteiger partial charge in [0.25, 0.3) is 0 Å². The molecule has 0 saturated heterocycles. The van der Waals surface area contributed by atoms with Crippen LogP contribution in [0.25, 0.3) is 0 Å². The third kappa shape index (κ3) is 2.44. The van der Waals surface area contributed by atoms with Crippen LogP contribution >= 0.6 is 11.6 Å². The molecular weight excluding hydrogens is 224 g/mol. The molecule has 3 heteroatoms. The van der Waals surface area contributed by atoms with E-state index in [2.05, 4.69) is 6.92 Å². The Kier molecular flexibility index (Phi) is 3.93. The van der Waals surface area contributed by atoms with Crippen molar-refractivity contribution in [2.45, 2.75) is 45.1 Å². The molecule has 0 aliphatic heterocycles. The van der Waals surface area contributed by atoms with Gasteiger partial charge in [0, 0.05) is 0 Å². The molecule has 90 valence electrons. The lowest BCUT2D eigenvalue weighted by Gasteiger charge is -2.33. The fourth-order valence-electron chi connectivity index (χ4n) is 2.86. The second kappa shape index (κ2) is 5.24. The van der Waals surface area contributed by atoms with Gasteiger partial charge in [-0.2, -0.15) is 0 Å². The number of furan rings is 1. The molecule has 0 aromatic carbocycles. The summed E-state index contributed by atoms with van der Waals surface area (Å²) in [5.41, 5.74) is 0. The highest BCUT2D eigenvalue weighted by molar-refractivity contribution is 6.28. The maximum atomic E-state index is 10.3. The Bertz CT molecular complexity index is 334. The van der Waals surface area contributed by atoms with Crippen molar-refractivity contribution in [3.05, 3.63) is 23.1 Å². The number of aliphatic hydroxyl groups is 1. The molecule has 3 atom stereocenters. The molecule has 1 N–H and O–H groups in total. The number of halogens is 1. The number of hydrogen-bond donors (Lipinski definition) is 1. The predicted octanol–water partition coefficient (Wildman–Crippen LogP) is 4.18. The summed E-state index contributed by atoms with van der Waals surface area (Å²) in [4.78, 5) is 0. The summed E-state index contributed by atoms with van der Waals surface area (Å²) in [6.45, 7) is 2.20. The van der Waals surface area contributed by atoms with Crippen LogP contribution in [0.5, 0.6) is 0 Å². The first-order valence-corrected chi connectivity index (χ1v) is 6.53. The molecule has 1 saturated carbocycles. The molecule has 0 amide bonds. The Labute approximate surface area is 102 Å². The first-order valence-electron chi connectivity index (χ1n) is 6.15. The zero-order valence-electron chi connectivity index (χ0n) is 9.66. The lowest BCUT2D eigenvalue weighted by Crippen LogP contribution is -2.25. The normalized spacial score (nSPS) is 27.9. The van der Waals surface area contributed by atoms with Crippen molar-refractivity contribution in [2.24, 2.45) is 11.8 Å². The average molecular weight is 243 g/mol. The minimum absolute atomic E-state index is 0.334. The van der Waals surface area contributed by atoms with E-state index in [-0.39, 0.29) is 0 Å². The minimum Gasteiger partial charge on any atom is -0.447 e. The largest absolute Gasteiger partial charge is 0.447 e. The monoisotopic (exact) mass is 242 g/mol. The van der Waals surface area contributed by atoms with Crippen LogP contribution in [0, 0.1) is 11.8 Å². The summed E-state index contributed by atoms with van der Waals surface area (Å²) < 4.78 is 5.31. The number of hydrogen-bond acceptors (Lipinski definition) is 2. The number of aliphatic hydroxyl groups excluding tert-OH is 1. The van der Waals surface area contributed by atoms with Crippen molar-refractivity contribution in [2.75, 3.05) is 0 Å². The molecule has 1 aromatic rings. The molecule has 2 rings (SSSR count). The third-order valence-electron chi connectivity index (χ3n) is 3.78. The highest BCUT2D eigenvalue weighted by Gasteiger charge is 2.32. The van der Waals surface area contributed by atoms with E-state index in [0.717, 1.165) is 12.8 Å². The van der Waals surface area contributed by atoms with E-state index in [9.17, 15) is 5.11 Å². The molecule has 16 heavy (non-hydrogen) atoms. The van der Waals surface area contributed by atoms with E-state index < -0.39 is 6.10 Å². The van der Waals surface area contributed by atoms with Crippen LogP contribution in [0.1, 0.15) is 50.9 Å². The standard InChI is InChI=1S/C13H19ClO2/c1-2-9-5-3-4-6-10(9)13(15)11-7-8-12(14)16-11/h7-10,13,15H,2-6H2,1H3. The van der Waals surface area contributed by atoms with E-state index in [0.29, 0.717) is 22.8 Å². The molecule has 1 aromatic heterocycles. The molecule has 3 unspecified atom stereocenters. The smallest absolute Gasteiger partial charge is 0.193 e. The summed E-state index contributed by atoms with van der Waals surface area (Å²) in [5, 5.41) is 10.7. The first kappa shape index (κ1) is 12.0. The zero-order chi connectivity index (χ0) is 11.5. The third-order valence-corrected chi connectivity index (χ3v) is 3.99. The second-order valence-electron chi connectivity index (χ2n) is 4.70. The molecule has 1 aliphatic carbocycles. The van der Waals surface area contributed by atoms with E-state index in [1.807, 2.05) is 0 Å². The van der Waals surface area contributed by atoms with Crippen LogP contribution in [0.3, 0.4) is 0 Å². The summed E-state index contributed by atoms with van der Waals surface area (Å²) in [5.74, 6) is 1.57. The van der Waals surface area contributed by atoms with Crippen LogP contribution in [0.4, 0.5) is 0 Å². The minimum atomic E-state index is -0.488. The van der Waals surface area contributed by atoms with Gasteiger partial charge in [-0.15, -0.1) is 0 Å². The molecular formula is C13H19ClO2. The van der Waals surface area contributed by atoms with E-state index in [1.165, 1.54) is 19.3 Å². The summed E-state index contributed by atoms with van der Waals surface area (Å²) in [6, 6.07) is 3.48. The Morgan fingerprint density at radius 3 is 2.81 bits per heavy atom. The van der Waals surface area contributed by atoms with Gasteiger partial charge >= 0.3 is 0 Å². The molecule has 0 radical (unpaired) electrons. The fraction of sp³-hybridized carbons (Fsp3) is 0.692. The Balaban J connectivity index is 2.10. The Hall–Kier alpha value is -0.470. The molecule has 0 spiro atoms. The first-order chi connectivity index (χ1) is 7.72. The quantitative estimate of drug-likeness (QED) is 0.863. The van der Waals surface area contributed by atoms with Gasteiger partial charge in [0.2, 0.25) is 0 Å². The van der Waals surface area contributed by atoms with Crippen LogP contribution < -0.4 is 0 Å². The van der Waals surface area contributed by atoms with Crippen molar-refractivity contribution in [1.29, 1.82) is 0 Å². The molecule has 2 nitrogen and oxygen atoms in total. The maximum Gasteiger partial charge on any atom is 0.193 e. The molecule has 1 aliphatic rings. The maximum absolute atomic E-state index is 10.3. The fourth-order valence-corrected chi connectivity index (χ4v) is 3.01. The van der Waals surface area contributed by atoms with Crippen molar-refractivity contribution < 1.29 is 9.52 Å². The van der Waals surface area contributed by atoms with Gasteiger partial charge in [-0.05, 0) is 42.0 Å². The van der Waals surface area contributed by atoms with E-state index in [4.69, 9.17) is 16.0 Å². The van der Waals surface area contributed by atoms with E-state index >= 15 is 0 Å². The van der Waals surface area contributed by atoms with E-state index in [1.54, 1.807) is 12.1 Å². The number of rotatable bonds is 3. The summed E-state index contributed by atoms with van der Waals surface area (Å²) in [6.07, 6.45) is 5.48. The summed E-state index contributed by atoms with van der Waals surface area (Å²) in [7, 11) is 0. The Morgan fingerprint density at radius 1 is 1.44 bits per heavy atom. The van der Waals surface area contributed by atoms with Gasteiger partial charge < -0.3 is 9.52 Å². The van der Waals surface area contributed by atoms with Gasteiger partial charge in [0.1, 0.15) is 11.9 Å². The molecule has 1 fully saturated rings. The zero-order valence-corrected chi connectivity index (χ0v) is 10.4. The molecule has 0 bridgehead atoms. The van der Waals surface area contributed by atoms with Gasteiger partial charge in [-0.3, -0.25) is 0 Å². The summed E-state index contributed by atoms with van der Waals surface area (Å²) >= 11 is 5.74. The van der Waals surface area contributed by atoms with Crippen molar-refractivity contribution >= 4 is 11.6 Å². The van der Waals surface area contributed by atoms with Crippen molar-refractivity contribution in [1.82, 2.24) is 0 Å². The topological polar surface area (TPSA) is 33.4 Å². The van der Waals surface area contributed by atoms with Crippen molar-refractivity contribution in [3.63, 3.8) is 0 Å². The average Bonchev–Trinajstić information content (AvgIpc) is 2.75. The van der Waals surface area contributed by atoms with Gasteiger partial charge in [0.05, 0.1) is 0 Å². The van der Waals surface area contributed by atoms with Gasteiger partial charge in [-0.1, -0.05) is 32.6 Å². The van der Waals surface area contributed by atoms with Crippen LogP contribution in [0.15, 0.2) is 16.5 Å². The van der Waals surface area contributed by atoms with Crippen LogP contribution in [-0.4, -0.2) is 5.11 Å². The lowest BCUT2D eigenvalue weighted by molar-refractivity contribution is 0.0299. The second-order valence-corrected chi connectivity index (χ2v) is 5.08. The van der Waals surface area contributed by atoms with Gasteiger partial charge in [-0.25, -0.2) is 0 Å². The van der Waals surface area contributed by atoms with Crippen LogP contribution in [-0.2, 0) is 0 Å². The van der Waals surface area contributed by atoms with Gasteiger partial charge in [0.15, 0.2) is 5.22 Å². The van der Waals surface area contributed by atoms with Crippen molar-refractivity contribution in [3.8, 4) is 0 Å². The Morgan fingerprint density at radius 2 is 2.19 bits per heavy atom. The van der Waals surface area contributed by atoms with Crippen LogP contribution in [0.2, 0.25) is 5.22 Å². The molecule has 1 heterocycles. The highest BCUT2D eigenvalue weighted by Crippen LogP contribution is 2.40. The predicted molar refractivity (Wildman–Crippen MR) is 64.4 cm³/mol. The highest BCUT2D eigenvalue weighted by atomic mass is 35.5. The SMILES string of the molecule is CCC1CCCCC1C(O)c1ccc(Cl)o1. The lowest BCUT2D eigenvalue weighted by atomic mass is 9.74.